The van der Waals surface area contributed by atoms with Crippen molar-refractivity contribution in [3.8, 4) is 11.4 Å². The SMILES string of the molecule is NC1c2nc(Cl)sc2CC12CCN(c1nccn3c(-c4ccnc(C(F)(F)F)c4Cl)ncc13)CC2. The van der Waals surface area contributed by atoms with Crippen LogP contribution in [0.4, 0.5) is 19.0 Å². The number of halogens is 5. The minimum Gasteiger partial charge on any atom is -0.355 e. The summed E-state index contributed by atoms with van der Waals surface area (Å²) in [4.78, 5) is 20.2. The number of imidazole rings is 1. The summed E-state index contributed by atoms with van der Waals surface area (Å²) in [6.45, 7) is 1.47. The van der Waals surface area contributed by atoms with Gasteiger partial charge in [0, 0.05) is 42.1 Å². The zero-order chi connectivity index (χ0) is 24.5. The molecule has 0 bridgehead atoms. The van der Waals surface area contributed by atoms with Crippen LogP contribution >= 0.6 is 34.5 Å². The van der Waals surface area contributed by atoms with Crippen molar-refractivity contribution in [3.63, 3.8) is 0 Å². The van der Waals surface area contributed by atoms with E-state index in [1.54, 1.807) is 23.0 Å². The van der Waals surface area contributed by atoms with Crippen molar-refractivity contribution in [2.75, 3.05) is 18.0 Å². The molecule has 0 aromatic carbocycles. The summed E-state index contributed by atoms with van der Waals surface area (Å²) in [5.74, 6) is 1.00. The zero-order valence-electron chi connectivity index (χ0n) is 18.1. The third kappa shape index (κ3) is 3.59. The molecule has 1 spiro atoms. The first kappa shape index (κ1) is 23.0. The Balaban J connectivity index is 1.30. The van der Waals surface area contributed by atoms with Gasteiger partial charge in [0.15, 0.2) is 16.0 Å². The van der Waals surface area contributed by atoms with Gasteiger partial charge in [-0.15, -0.1) is 11.3 Å². The summed E-state index contributed by atoms with van der Waals surface area (Å²) in [6, 6.07) is 1.28. The number of thiazole rings is 1. The van der Waals surface area contributed by atoms with Gasteiger partial charge in [-0.2, -0.15) is 13.2 Å². The van der Waals surface area contributed by atoms with Crippen LogP contribution in [0.15, 0.2) is 30.9 Å². The molecule has 1 aliphatic heterocycles. The molecule has 0 saturated carbocycles. The highest BCUT2D eigenvalue weighted by molar-refractivity contribution is 7.15. The summed E-state index contributed by atoms with van der Waals surface area (Å²) < 4.78 is 42.2. The van der Waals surface area contributed by atoms with Crippen molar-refractivity contribution < 1.29 is 13.2 Å². The fourth-order valence-corrected chi connectivity index (χ4v) is 6.90. The number of nitrogens with zero attached hydrogens (tertiary/aromatic N) is 6. The Morgan fingerprint density at radius 3 is 2.60 bits per heavy atom. The molecule has 1 aliphatic carbocycles. The van der Waals surface area contributed by atoms with Crippen LogP contribution in [0, 0.1) is 5.41 Å². The van der Waals surface area contributed by atoms with E-state index in [0.29, 0.717) is 21.6 Å². The molecule has 7 nitrogen and oxygen atoms in total. The van der Waals surface area contributed by atoms with Crippen LogP contribution < -0.4 is 10.6 Å². The summed E-state index contributed by atoms with van der Waals surface area (Å²) in [5.41, 5.74) is 7.17. The number of hydrogen-bond acceptors (Lipinski definition) is 7. The fraction of sp³-hybridized carbons (Fsp3) is 0.364. The predicted octanol–water partition coefficient (Wildman–Crippen LogP) is 5.42. The van der Waals surface area contributed by atoms with Gasteiger partial charge >= 0.3 is 6.18 Å². The molecular weight excluding hydrogens is 522 g/mol. The molecular formula is C22H18Cl2F3N7S. The Morgan fingerprint density at radius 1 is 1.11 bits per heavy atom. The second-order valence-electron chi connectivity index (χ2n) is 8.89. The third-order valence-corrected chi connectivity index (χ3v) is 8.62. The van der Waals surface area contributed by atoms with Gasteiger partial charge in [0.05, 0.1) is 23.0 Å². The average molecular weight is 540 g/mol. The van der Waals surface area contributed by atoms with Crippen LogP contribution in [0.25, 0.3) is 16.9 Å². The highest BCUT2D eigenvalue weighted by Crippen LogP contribution is 2.53. The van der Waals surface area contributed by atoms with Gasteiger partial charge in [0.25, 0.3) is 0 Å². The van der Waals surface area contributed by atoms with Crippen LogP contribution in [0.1, 0.15) is 35.1 Å². The summed E-state index contributed by atoms with van der Waals surface area (Å²) in [7, 11) is 0. The first-order valence-corrected chi connectivity index (χ1v) is 12.4. The van der Waals surface area contributed by atoms with Crippen LogP contribution in [0.2, 0.25) is 9.49 Å². The van der Waals surface area contributed by atoms with E-state index in [1.807, 2.05) is 0 Å². The Hall–Kier alpha value is -2.47. The lowest BCUT2D eigenvalue weighted by atomic mass is 9.73. The van der Waals surface area contributed by atoms with Gasteiger partial charge in [-0.1, -0.05) is 23.2 Å². The maximum atomic E-state index is 13.3. The first-order valence-electron chi connectivity index (χ1n) is 10.9. The molecule has 0 amide bonds. The third-order valence-electron chi connectivity index (χ3n) is 7.06. The van der Waals surface area contributed by atoms with E-state index in [4.69, 9.17) is 28.9 Å². The van der Waals surface area contributed by atoms with Crippen molar-refractivity contribution in [2.45, 2.75) is 31.5 Å². The molecule has 1 atom stereocenters. The highest BCUT2D eigenvalue weighted by Gasteiger charge is 2.48. The Bertz CT molecular complexity index is 1440. The first-order chi connectivity index (χ1) is 16.7. The number of alkyl halides is 3. The second-order valence-corrected chi connectivity index (χ2v) is 10.9. The Kier molecular flexibility index (Phi) is 5.26. The predicted molar refractivity (Wildman–Crippen MR) is 128 cm³/mol. The molecule has 2 N–H and O–H groups in total. The topological polar surface area (TPSA) is 85.2 Å². The monoisotopic (exact) mass is 539 g/mol. The van der Waals surface area contributed by atoms with Crippen LogP contribution in [-0.4, -0.2) is 37.4 Å². The molecule has 0 radical (unpaired) electrons. The lowest BCUT2D eigenvalue weighted by molar-refractivity contribution is -0.141. The van der Waals surface area contributed by atoms with Gasteiger partial charge in [0.1, 0.15) is 11.3 Å². The second kappa shape index (κ2) is 8.02. The van der Waals surface area contributed by atoms with E-state index in [9.17, 15) is 13.2 Å². The van der Waals surface area contributed by atoms with Crippen molar-refractivity contribution in [1.29, 1.82) is 0 Å². The number of rotatable bonds is 2. The standard InChI is InChI=1S/C22H18Cl2F3N7S/c23-14-11(1-4-29-17(14)22(25,26)27)18-31-10-12-19(30-5-8-34(12)18)33-6-2-21(3-7-33)9-13-15(16(21)28)32-20(24)35-13/h1,4-5,8,10,16H,2-3,6-7,9,28H2. The van der Waals surface area contributed by atoms with Crippen LogP contribution in [0.3, 0.4) is 0 Å². The minimum atomic E-state index is -4.66. The normalized spacial score (nSPS) is 19.6. The lowest BCUT2D eigenvalue weighted by Gasteiger charge is -2.42. The molecule has 5 heterocycles. The van der Waals surface area contributed by atoms with E-state index in [1.165, 1.54) is 22.3 Å². The van der Waals surface area contributed by atoms with Gasteiger partial charge in [-0.05, 0) is 30.7 Å². The summed E-state index contributed by atoms with van der Waals surface area (Å²) in [6.07, 6.45) is 3.91. The van der Waals surface area contributed by atoms with E-state index in [2.05, 4.69) is 24.8 Å². The van der Waals surface area contributed by atoms with Crippen molar-refractivity contribution in [1.82, 2.24) is 24.3 Å². The lowest BCUT2D eigenvalue weighted by Crippen LogP contribution is -2.44. The molecule has 1 unspecified atom stereocenters. The molecule has 13 heteroatoms. The number of nitrogens with two attached hydrogens (primary N) is 1. The maximum Gasteiger partial charge on any atom is 0.434 e. The fourth-order valence-electron chi connectivity index (χ4n) is 5.25. The molecule has 4 aromatic rings. The van der Waals surface area contributed by atoms with E-state index < -0.39 is 16.9 Å². The van der Waals surface area contributed by atoms with E-state index in [-0.39, 0.29) is 17.0 Å². The Labute approximate surface area is 211 Å². The molecule has 6 rings (SSSR count). The molecule has 4 aromatic heterocycles. The van der Waals surface area contributed by atoms with Gasteiger partial charge in [0.2, 0.25) is 0 Å². The minimum absolute atomic E-state index is 0.0513. The smallest absolute Gasteiger partial charge is 0.355 e. The summed E-state index contributed by atoms with van der Waals surface area (Å²) in [5, 5.41) is -0.484. The van der Waals surface area contributed by atoms with E-state index >= 15 is 0 Å². The van der Waals surface area contributed by atoms with Gasteiger partial charge < -0.3 is 10.6 Å². The zero-order valence-corrected chi connectivity index (χ0v) is 20.4. The number of piperidine rings is 1. The maximum absolute atomic E-state index is 13.3. The molecule has 1 fully saturated rings. The Morgan fingerprint density at radius 2 is 1.89 bits per heavy atom. The van der Waals surface area contributed by atoms with Crippen LogP contribution in [-0.2, 0) is 12.6 Å². The number of fused-ring (bicyclic) bond motifs is 2. The van der Waals surface area contributed by atoms with Gasteiger partial charge in [-0.25, -0.2) is 15.0 Å². The van der Waals surface area contributed by atoms with Crippen molar-refractivity contribution in [3.05, 3.63) is 56.6 Å². The summed E-state index contributed by atoms with van der Waals surface area (Å²) >= 11 is 13.7. The van der Waals surface area contributed by atoms with E-state index in [0.717, 1.165) is 44.2 Å². The largest absolute Gasteiger partial charge is 0.434 e. The molecule has 2 aliphatic rings. The molecule has 1 saturated heterocycles. The number of anilines is 1. The average Bonchev–Trinajstić information content (AvgIpc) is 3.47. The van der Waals surface area contributed by atoms with Crippen molar-refractivity contribution >= 4 is 45.9 Å². The van der Waals surface area contributed by atoms with Crippen LogP contribution in [0.5, 0.6) is 0 Å². The quantitative estimate of drug-likeness (QED) is 0.366. The highest BCUT2D eigenvalue weighted by atomic mass is 35.5. The van der Waals surface area contributed by atoms with Crippen molar-refractivity contribution in [2.24, 2.45) is 11.1 Å². The number of hydrogen-bond donors (Lipinski definition) is 1. The number of aromatic nitrogens is 5. The number of pyridine rings is 1. The molecule has 35 heavy (non-hydrogen) atoms. The molecule has 182 valence electrons. The van der Waals surface area contributed by atoms with Gasteiger partial charge in [-0.3, -0.25) is 9.38 Å².